The van der Waals surface area contributed by atoms with Crippen LogP contribution in [-0.4, -0.2) is 54.9 Å². The highest BCUT2D eigenvalue weighted by Crippen LogP contribution is 2.15. The molecule has 0 saturated carbocycles. The number of aromatic nitrogens is 1. The van der Waals surface area contributed by atoms with Crippen molar-refractivity contribution in [3.63, 3.8) is 0 Å². The molecule has 0 aromatic carbocycles. The predicted molar refractivity (Wildman–Crippen MR) is 72.0 cm³/mol. The van der Waals surface area contributed by atoms with Crippen LogP contribution in [0, 0.1) is 6.92 Å². The molecule has 2 rings (SSSR count). The third-order valence-corrected chi connectivity index (χ3v) is 3.80. The van der Waals surface area contributed by atoms with Gasteiger partial charge in [0, 0.05) is 32.0 Å². The van der Waals surface area contributed by atoms with Gasteiger partial charge in [-0.3, -0.25) is 9.88 Å². The molecule has 6 nitrogen and oxygen atoms in total. The Hall–Kier alpha value is -1.02. The minimum atomic E-state index is -3.29. The molecule has 0 bridgehead atoms. The number of aryl methyl sites for hydroxylation is 1. The van der Waals surface area contributed by atoms with Crippen LogP contribution < -0.4 is 4.72 Å². The molecule has 1 fully saturated rings. The lowest BCUT2D eigenvalue weighted by Gasteiger charge is -2.15. The summed E-state index contributed by atoms with van der Waals surface area (Å²) in [7, 11) is -3.29. The maximum Gasteiger partial charge on any atom is 0.209 e. The van der Waals surface area contributed by atoms with E-state index in [1.54, 1.807) is 12.4 Å². The number of nitrogens with one attached hydrogen (secondary N) is 1. The van der Waals surface area contributed by atoms with Gasteiger partial charge in [-0.25, -0.2) is 13.1 Å². The Kier molecular flexibility index (Phi) is 4.19. The molecule has 2 atom stereocenters. The summed E-state index contributed by atoms with van der Waals surface area (Å²) >= 11 is 0. The van der Waals surface area contributed by atoms with E-state index in [4.69, 9.17) is 0 Å². The number of likely N-dealkylation sites (tertiary alicyclic amines) is 1. The molecule has 19 heavy (non-hydrogen) atoms. The molecule has 2 heterocycles. The minimum absolute atomic E-state index is 0.437. The second-order valence-corrected chi connectivity index (χ2v) is 6.91. The van der Waals surface area contributed by atoms with E-state index in [-0.39, 0.29) is 0 Å². The molecule has 1 aromatic rings. The summed E-state index contributed by atoms with van der Waals surface area (Å²) in [6.45, 7) is 3.60. The summed E-state index contributed by atoms with van der Waals surface area (Å²) < 4.78 is 24.8. The van der Waals surface area contributed by atoms with Gasteiger partial charge >= 0.3 is 0 Å². The lowest BCUT2D eigenvalue weighted by molar-refractivity contribution is 0.160. The van der Waals surface area contributed by atoms with Crippen molar-refractivity contribution in [2.45, 2.75) is 25.6 Å². The van der Waals surface area contributed by atoms with Gasteiger partial charge < -0.3 is 5.11 Å². The zero-order valence-electron chi connectivity index (χ0n) is 11.1. The standard InChI is InChI=1S/C12H19N3O3S/c1-9-3-10(5-13-4-9)6-15-7-11(12(16)8-15)14-19(2,17)18/h3-5,11-12,14,16H,6-8H2,1-2H3/t11-,12-/m1/s1. The zero-order chi connectivity index (χ0) is 14.0. The van der Waals surface area contributed by atoms with E-state index in [9.17, 15) is 13.5 Å². The van der Waals surface area contributed by atoms with Crippen molar-refractivity contribution in [3.05, 3.63) is 29.6 Å². The van der Waals surface area contributed by atoms with Gasteiger partial charge in [-0.05, 0) is 18.1 Å². The highest BCUT2D eigenvalue weighted by molar-refractivity contribution is 7.88. The molecule has 0 unspecified atom stereocenters. The summed E-state index contributed by atoms with van der Waals surface area (Å²) in [4.78, 5) is 6.14. The molecular formula is C12H19N3O3S. The first-order valence-corrected chi connectivity index (χ1v) is 8.01. The largest absolute Gasteiger partial charge is 0.390 e. The topological polar surface area (TPSA) is 82.5 Å². The Morgan fingerprint density at radius 1 is 1.47 bits per heavy atom. The number of β-amino-alcohol motifs (C(OH)–C–C–N with tert-alkyl or cyclic N) is 1. The normalized spacial score (nSPS) is 24.8. The Labute approximate surface area is 113 Å². The fourth-order valence-electron chi connectivity index (χ4n) is 2.35. The van der Waals surface area contributed by atoms with Crippen LogP contribution in [0.25, 0.3) is 0 Å². The molecule has 0 radical (unpaired) electrons. The molecule has 1 saturated heterocycles. The summed E-state index contributed by atoms with van der Waals surface area (Å²) in [5, 5.41) is 9.87. The molecule has 2 N–H and O–H groups in total. The summed E-state index contributed by atoms with van der Waals surface area (Å²) in [6.07, 6.45) is 4.01. The molecular weight excluding hydrogens is 266 g/mol. The maximum atomic E-state index is 11.2. The predicted octanol–water partition coefficient (Wildman–Crippen LogP) is -0.516. The summed E-state index contributed by atoms with van der Waals surface area (Å²) in [5.74, 6) is 0. The lowest BCUT2D eigenvalue weighted by atomic mass is 10.2. The summed E-state index contributed by atoms with van der Waals surface area (Å²) in [5.41, 5.74) is 2.15. The second-order valence-electron chi connectivity index (χ2n) is 5.13. The number of hydrogen-bond acceptors (Lipinski definition) is 5. The van der Waals surface area contributed by atoms with Crippen LogP contribution in [0.5, 0.6) is 0 Å². The summed E-state index contributed by atoms with van der Waals surface area (Å²) in [6, 6.07) is 1.60. The average Bonchev–Trinajstić information content (AvgIpc) is 2.56. The monoisotopic (exact) mass is 285 g/mol. The van der Waals surface area contributed by atoms with Crippen molar-refractivity contribution < 1.29 is 13.5 Å². The van der Waals surface area contributed by atoms with Crippen LogP contribution in [0.1, 0.15) is 11.1 Å². The number of aliphatic hydroxyl groups is 1. The highest BCUT2D eigenvalue weighted by atomic mass is 32.2. The fourth-order valence-corrected chi connectivity index (χ4v) is 3.13. The van der Waals surface area contributed by atoms with Crippen molar-refractivity contribution >= 4 is 10.0 Å². The Balaban J connectivity index is 1.97. The van der Waals surface area contributed by atoms with Crippen molar-refractivity contribution in [3.8, 4) is 0 Å². The molecule has 0 amide bonds. The molecule has 7 heteroatoms. The smallest absolute Gasteiger partial charge is 0.209 e. The van der Waals surface area contributed by atoms with Gasteiger partial charge in [0.1, 0.15) is 0 Å². The van der Waals surface area contributed by atoms with E-state index in [0.717, 1.165) is 17.4 Å². The van der Waals surface area contributed by atoms with Crippen molar-refractivity contribution in [2.75, 3.05) is 19.3 Å². The number of aliphatic hydroxyl groups excluding tert-OH is 1. The molecule has 1 aliphatic rings. The first kappa shape index (κ1) is 14.4. The van der Waals surface area contributed by atoms with E-state index in [2.05, 4.69) is 9.71 Å². The SMILES string of the molecule is Cc1cncc(CN2C[C@@H](O)[C@H](NS(C)(=O)=O)C2)c1. The number of sulfonamides is 1. The van der Waals surface area contributed by atoms with Crippen molar-refractivity contribution in [1.29, 1.82) is 0 Å². The Morgan fingerprint density at radius 3 is 2.84 bits per heavy atom. The molecule has 106 valence electrons. The number of hydrogen-bond donors (Lipinski definition) is 2. The van der Waals surface area contributed by atoms with Crippen LogP contribution in [0.4, 0.5) is 0 Å². The van der Waals surface area contributed by atoms with Gasteiger partial charge in [0.05, 0.1) is 18.4 Å². The van der Waals surface area contributed by atoms with Crippen LogP contribution in [0.3, 0.4) is 0 Å². The molecule has 1 aromatic heterocycles. The number of nitrogens with zero attached hydrogens (tertiary/aromatic N) is 2. The van der Waals surface area contributed by atoms with Gasteiger partial charge in [-0.15, -0.1) is 0 Å². The molecule has 1 aliphatic heterocycles. The minimum Gasteiger partial charge on any atom is -0.390 e. The first-order valence-electron chi connectivity index (χ1n) is 6.12. The lowest BCUT2D eigenvalue weighted by Crippen LogP contribution is -2.42. The zero-order valence-corrected chi connectivity index (χ0v) is 11.9. The third kappa shape index (κ3) is 4.24. The Morgan fingerprint density at radius 2 is 2.21 bits per heavy atom. The van der Waals surface area contributed by atoms with E-state index in [0.29, 0.717) is 19.6 Å². The van der Waals surface area contributed by atoms with Crippen LogP contribution >= 0.6 is 0 Å². The number of pyridine rings is 1. The number of rotatable bonds is 4. The van der Waals surface area contributed by atoms with Crippen LogP contribution in [0.15, 0.2) is 18.5 Å². The van der Waals surface area contributed by atoms with Gasteiger partial charge in [0.2, 0.25) is 10.0 Å². The Bertz CT molecular complexity index is 547. The second kappa shape index (κ2) is 5.54. The van der Waals surface area contributed by atoms with E-state index in [1.165, 1.54) is 0 Å². The van der Waals surface area contributed by atoms with E-state index >= 15 is 0 Å². The third-order valence-electron chi connectivity index (χ3n) is 3.07. The van der Waals surface area contributed by atoms with Crippen molar-refractivity contribution in [1.82, 2.24) is 14.6 Å². The first-order chi connectivity index (χ1) is 8.83. The van der Waals surface area contributed by atoms with Gasteiger partial charge in [-0.1, -0.05) is 6.07 Å². The van der Waals surface area contributed by atoms with Crippen molar-refractivity contribution in [2.24, 2.45) is 0 Å². The average molecular weight is 285 g/mol. The van der Waals surface area contributed by atoms with Crippen LogP contribution in [0.2, 0.25) is 0 Å². The maximum absolute atomic E-state index is 11.2. The quantitative estimate of drug-likeness (QED) is 0.778. The van der Waals surface area contributed by atoms with Gasteiger partial charge in [0.25, 0.3) is 0 Å². The fraction of sp³-hybridized carbons (Fsp3) is 0.583. The van der Waals surface area contributed by atoms with Gasteiger partial charge in [-0.2, -0.15) is 0 Å². The van der Waals surface area contributed by atoms with E-state index < -0.39 is 22.2 Å². The van der Waals surface area contributed by atoms with Crippen LogP contribution in [-0.2, 0) is 16.6 Å². The van der Waals surface area contributed by atoms with E-state index in [1.807, 2.05) is 17.9 Å². The van der Waals surface area contributed by atoms with Gasteiger partial charge in [0.15, 0.2) is 0 Å². The molecule has 0 aliphatic carbocycles. The molecule has 0 spiro atoms. The highest BCUT2D eigenvalue weighted by Gasteiger charge is 2.32.